The van der Waals surface area contributed by atoms with Gasteiger partial charge in [0.25, 0.3) is 5.91 Å². The first-order valence-electron chi connectivity index (χ1n) is 7.04. The molecule has 1 heterocycles. The maximum atomic E-state index is 12.5. The molecule has 2 amide bonds. The van der Waals surface area contributed by atoms with Crippen LogP contribution in [0.2, 0.25) is 5.02 Å². The molecular weight excluding hydrogens is 292 g/mol. The van der Waals surface area contributed by atoms with Crippen molar-refractivity contribution in [2.75, 3.05) is 26.2 Å². The van der Waals surface area contributed by atoms with E-state index in [-0.39, 0.29) is 5.91 Å². The number of carbonyl (C=O) groups is 2. The fourth-order valence-corrected chi connectivity index (χ4v) is 2.36. The van der Waals surface area contributed by atoms with Gasteiger partial charge in [-0.1, -0.05) is 18.5 Å². The minimum absolute atomic E-state index is 0.0296. The third kappa shape index (κ3) is 4.11. The van der Waals surface area contributed by atoms with E-state index in [1.54, 1.807) is 34.1 Å². The standard InChI is InChI=1S/C15H19ClN2O3/c1-2-14(21-13-5-3-12(16)4-6-13)15(20)18-9-7-17(11-19)8-10-18/h3-6,11,14H,2,7-10H2,1H3/t14-/m0/s1. The number of amides is 2. The summed E-state index contributed by atoms with van der Waals surface area (Å²) in [6.07, 6.45) is 0.910. The molecule has 2 rings (SSSR count). The molecule has 0 aromatic heterocycles. The van der Waals surface area contributed by atoms with Crippen LogP contribution < -0.4 is 4.74 Å². The highest BCUT2D eigenvalue weighted by Gasteiger charge is 2.27. The van der Waals surface area contributed by atoms with E-state index < -0.39 is 6.10 Å². The first-order valence-corrected chi connectivity index (χ1v) is 7.42. The molecule has 5 nitrogen and oxygen atoms in total. The molecule has 1 fully saturated rings. The van der Waals surface area contributed by atoms with Gasteiger partial charge in [-0.05, 0) is 30.7 Å². The predicted octanol–water partition coefficient (Wildman–Crippen LogP) is 1.80. The van der Waals surface area contributed by atoms with E-state index in [1.807, 2.05) is 6.92 Å². The van der Waals surface area contributed by atoms with E-state index in [9.17, 15) is 9.59 Å². The fraction of sp³-hybridized carbons (Fsp3) is 0.467. The van der Waals surface area contributed by atoms with E-state index in [0.29, 0.717) is 43.4 Å². The lowest BCUT2D eigenvalue weighted by Gasteiger charge is -2.34. The van der Waals surface area contributed by atoms with Crippen molar-refractivity contribution in [3.8, 4) is 5.75 Å². The van der Waals surface area contributed by atoms with Gasteiger partial charge in [-0.2, -0.15) is 0 Å². The fourth-order valence-electron chi connectivity index (χ4n) is 2.24. The molecular formula is C15H19ClN2O3. The van der Waals surface area contributed by atoms with Gasteiger partial charge in [0.15, 0.2) is 6.10 Å². The van der Waals surface area contributed by atoms with Gasteiger partial charge in [-0.25, -0.2) is 0 Å². The number of nitrogens with zero attached hydrogens (tertiary/aromatic N) is 2. The Morgan fingerprint density at radius 3 is 2.43 bits per heavy atom. The molecule has 0 bridgehead atoms. The summed E-state index contributed by atoms with van der Waals surface area (Å²) >= 11 is 5.83. The lowest BCUT2D eigenvalue weighted by molar-refractivity contribution is -0.142. The van der Waals surface area contributed by atoms with Gasteiger partial charge in [0, 0.05) is 31.2 Å². The topological polar surface area (TPSA) is 49.9 Å². The van der Waals surface area contributed by atoms with Crippen LogP contribution in [-0.4, -0.2) is 54.4 Å². The Labute approximate surface area is 129 Å². The molecule has 1 atom stereocenters. The molecule has 0 N–H and O–H groups in total. The van der Waals surface area contributed by atoms with Crippen LogP contribution in [0.4, 0.5) is 0 Å². The number of rotatable bonds is 5. The van der Waals surface area contributed by atoms with Crippen LogP contribution in [0.3, 0.4) is 0 Å². The highest BCUT2D eigenvalue weighted by Crippen LogP contribution is 2.18. The van der Waals surface area contributed by atoms with Gasteiger partial charge >= 0.3 is 0 Å². The number of halogens is 1. The zero-order valence-corrected chi connectivity index (χ0v) is 12.8. The smallest absolute Gasteiger partial charge is 0.263 e. The van der Waals surface area contributed by atoms with Crippen molar-refractivity contribution in [2.24, 2.45) is 0 Å². The number of ether oxygens (including phenoxy) is 1. The lowest BCUT2D eigenvalue weighted by Crippen LogP contribution is -2.51. The van der Waals surface area contributed by atoms with E-state index in [2.05, 4.69) is 0 Å². The van der Waals surface area contributed by atoms with Gasteiger partial charge in [0.1, 0.15) is 5.75 Å². The van der Waals surface area contributed by atoms with Crippen LogP contribution in [0.5, 0.6) is 5.75 Å². The monoisotopic (exact) mass is 310 g/mol. The minimum Gasteiger partial charge on any atom is -0.481 e. The molecule has 1 aliphatic heterocycles. The lowest BCUT2D eigenvalue weighted by atomic mass is 10.2. The van der Waals surface area contributed by atoms with Crippen LogP contribution in [0.15, 0.2) is 24.3 Å². The van der Waals surface area contributed by atoms with Crippen LogP contribution in [0.1, 0.15) is 13.3 Å². The largest absolute Gasteiger partial charge is 0.481 e. The summed E-state index contributed by atoms with van der Waals surface area (Å²) in [4.78, 5) is 26.6. The second-order valence-electron chi connectivity index (χ2n) is 4.94. The highest BCUT2D eigenvalue weighted by molar-refractivity contribution is 6.30. The van der Waals surface area contributed by atoms with Crippen molar-refractivity contribution in [1.82, 2.24) is 9.80 Å². The normalized spacial score (nSPS) is 16.5. The molecule has 114 valence electrons. The summed E-state index contributed by atoms with van der Waals surface area (Å²) in [6.45, 7) is 4.18. The molecule has 21 heavy (non-hydrogen) atoms. The third-order valence-electron chi connectivity index (χ3n) is 3.51. The highest BCUT2D eigenvalue weighted by atomic mass is 35.5. The summed E-state index contributed by atoms with van der Waals surface area (Å²) in [5, 5.41) is 0.631. The van der Waals surface area contributed by atoms with Crippen molar-refractivity contribution in [2.45, 2.75) is 19.4 Å². The average Bonchev–Trinajstić information content (AvgIpc) is 2.54. The number of benzene rings is 1. The van der Waals surface area contributed by atoms with Gasteiger partial charge < -0.3 is 14.5 Å². The van der Waals surface area contributed by atoms with Crippen LogP contribution >= 0.6 is 11.6 Å². The molecule has 1 aromatic carbocycles. The van der Waals surface area contributed by atoms with Crippen molar-refractivity contribution in [3.63, 3.8) is 0 Å². The summed E-state index contributed by atoms with van der Waals surface area (Å²) in [5.41, 5.74) is 0. The Hall–Kier alpha value is -1.75. The van der Waals surface area contributed by atoms with Gasteiger partial charge in [0.05, 0.1) is 0 Å². The molecule has 1 aromatic rings. The van der Waals surface area contributed by atoms with Crippen molar-refractivity contribution < 1.29 is 14.3 Å². The SMILES string of the molecule is CC[C@H](Oc1ccc(Cl)cc1)C(=O)N1CCN(C=O)CC1. The number of hydrogen-bond acceptors (Lipinski definition) is 3. The zero-order chi connectivity index (χ0) is 15.2. The van der Waals surface area contributed by atoms with Crippen molar-refractivity contribution >= 4 is 23.9 Å². The van der Waals surface area contributed by atoms with Crippen LogP contribution in [0, 0.1) is 0 Å². The second kappa shape index (κ2) is 7.31. The van der Waals surface area contributed by atoms with Crippen molar-refractivity contribution in [1.29, 1.82) is 0 Å². The summed E-state index contributed by atoms with van der Waals surface area (Å²) in [5.74, 6) is 0.601. The summed E-state index contributed by atoms with van der Waals surface area (Å²) in [6, 6.07) is 6.97. The van der Waals surface area contributed by atoms with Crippen molar-refractivity contribution in [3.05, 3.63) is 29.3 Å². The maximum Gasteiger partial charge on any atom is 0.263 e. The van der Waals surface area contributed by atoms with E-state index in [1.165, 1.54) is 0 Å². The average molecular weight is 311 g/mol. The Balaban J connectivity index is 1.95. The van der Waals surface area contributed by atoms with E-state index in [4.69, 9.17) is 16.3 Å². The van der Waals surface area contributed by atoms with Crippen LogP contribution in [0.25, 0.3) is 0 Å². The molecule has 0 spiro atoms. The molecule has 1 saturated heterocycles. The minimum atomic E-state index is -0.506. The number of hydrogen-bond donors (Lipinski definition) is 0. The van der Waals surface area contributed by atoms with Gasteiger partial charge in [-0.3, -0.25) is 9.59 Å². The third-order valence-corrected chi connectivity index (χ3v) is 3.77. The predicted molar refractivity (Wildman–Crippen MR) is 80.4 cm³/mol. The zero-order valence-electron chi connectivity index (χ0n) is 12.0. The Kier molecular flexibility index (Phi) is 5.44. The number of piperazine rings is 1. The van der Waals surface area contributed by atoms with E-state index >= 15 is 0 Å². The van der Waals surface area contributed by atoms with Gasteiger partial charge in [0.2, 0.25) is 6.41 Å². The molecule has 0 aliphatic carbocycles. The van der Waals surface area contributed by atoms with Crippen LogP contribution in [-0.2, 0) is 9.59 Å². The molecule has 0 saturated carbocycles. The quantitative estimate of drug-likeness (QED) is 0.779. The Morgan fingerprint density at radius 2 is 1.90 bits per heavy atom. The Bertz CT molecular complexity index is 484. The van der Waals surface area contributed by atoms with E-state index in [0.717, 1.165) is 6.41 Å². The molecule has 1 aliphatic rings. The molecule has 6 heteroatoms. The van der Waals surface area contributed by atoms with Gasteiger partial charge in [-0.15, -0.1) is 0 Å². The first-order chi connectivity index (χ1) is 10.1. The first kappa shape index (κ1) is 15.6. The summed E-state index contributed by atoms with van der Waals surface area (Å²) < 4.78 is 5.75. The summed E-state index contributed by atoms with van der Waals surface area (Å²) in [7, 11) is 0. The second-order valence-corrected chi connectivity index (χ2v) is 5.37. The number of carbonyl (C=O) groups excluding carboxylic acids is 2. The molecule has 0 unspecified atom stereocenters. The maximum absolute atomic E-state index is 12.5. The molecule has 0 radical (unpaired) electrons. The Morgan fingerprint density at radius 1 is 1.29 bits per heavy atom.